The molecule has 2 heterocycles. The Morgan fingerprint density at radius 3 is 2.68 bits per heavy atom. The molecular weight excluding hydrogens is 244 g/mol. The zero-order valence-corrected chi connectivity index (χ0v) is 11.7. The minimum absolute atomic E-state index is 0.374. The molecule has 0 unspecified atom stereocenters. The van der Waals surface area contributed by atoms with Crippen LogP contribution in [0.2, 0.25) is 0 Å². The number of ether oxygens (including phenoxy) is 2. The van der Waals surface area contributed by atoms with Crippen LogP contribution in [0.4, 0.5) is 5.69 Å². The van der Waals surface area contributed by atoms with Gasteiger partial charge in [0.1, 0.15) is 5.60 Å². The van der Waals surface area contributed by atoms with Gasteiger partial charge in [-0.2, -0.15) is 0 Å². The summed E-state index contributed by atoms with van der Waals surface area (Å²) in [6.07, 6.45) is 1.61. The molecule has 1 aromatic rings. The van der Waals surface area contributed by atoms with Crippen molar-refractivity contribution in [3.8, 4) is 0 Å². The first-order valence-corrected chi connectivity index (χ1v) is 6.48. The molecule has 1 aliphatic rings. The average Bonchev–Trinajstić information content (AvgIpc) is 2.38. The highest BCUT2D eigenvalue weighted by molar-refractivity contribution is 5.93. The van der Waals surface area contributed by atoms with E-state index in [4.69, 9.17) is 9.47 Å². The smallest absolute Gasteiger partial charge is 0.359 e. The Balaban J connectivity index is 2.22. The molecule has 0 aliphatic carbocycles. The molecule has 0 bridgehead atoms. The van der Waals surface area contributed by atoms with Crippen LogP contribution in [-0.4, -0.2) is 42.9 Å². The summed E-state index contributed by atoms with van der Waals surface area (Å²) in [6, 6.07) is 3.73. The lowest BCUT2D eigenvalue weighted by Gasteiger charge is -2.30. The van der Waals surface area contributed by atoms with Crippen molar-refractivity contribution in [1.82, 2.24) is 4.98 Å². The van der Waals surface area contributed by atoms with Crippen LogP contribution < -0.4 is 4.90 Å². The van der Waals surface area contributed by atoms with E-state index in [2.05, 4.69) is 9.88 Å². The maximum atomic E-state index is 12.2. The van der Waals surface area contributed by atoms with Gasteiger partial charge in [-0.25, -0.2) is 9.78 Å². The highest BCUT2D eigenvalue weighted by Gasteiger charge is 2.24. The summed E-state index contributed by atoms with van der Waals surface area (Å²) in [7, 11) is 0. The molecule has 19 heavy (non-hydrogen) atoms. The van der Waals surface area contributed by atoms with Gasteiger partial charge in [0.2, 0.25) is 0 Å². The molecule has 0 saturated carbocycles. The molecule has 104 valence electrons. The molecule has 5 heteroatoms. The number of nitrogens with zero attached hydrogens (tertiary/aromatic N) is 2. The Kier molecular flexibility index (Phi) is 4.04. The van der Waals surface area contributed by atoms with Gasteiger partial charge in [0.05, 0.1) is 18.9 Å². The van der Waals surface area contributed by atoms with Crippen molar-refractivity contribution >= 4 is 11.7 Å². The quantitative estimate of drug-likeness (QED) is 0.763. The van der Waals surface area contributed by atoms with Gasteiger partial charge >= 0.3 is 5.97 Å². The fourth-order valence-corrected chi connectivity index (χ4v) is 1.94. The van der Waals surface area contributed by atoms with Crippen molar-refractivity contribution < 1.29 is 14.3 Å². The van der Waals surface area contributed by atoms with Gasteiger partial charge in [0.15, 0.2) is 5.69 Å². The van der Waals surface area contributed by atoms with Crippen LogP contribution in [0.15, 0.2) is 18.3 Å². The monoisotopic (exact) mass is 264 g/mol. The first-order valence-electron chi connectivity index (χ1n) is 6.48. The van der Waals surface area contributed by atoms with E-state index in [1.165, 1.54) is 0 Å². The maximum Gasteiger partial charge on any atom is 0.359 e. The molecule has 1 saturated heterocycles. The molecule has 2 rings (SSSR count). The molecule has 0 spiro atoms. The fourth-order valence-electron chi connectivity index (χ4n) is 1.94. The van der Waals surface area contributed by atoms with Crippen LogP contribution in [-0.2, 0) is 9.47 Å². The molecule has 0 radical (unpaired) electrons. The number of rotatable bonds is 2. The Labute approximate surface area is 113 Å². The molecule has 1 aliphatic heterocycles. The summed E-state index contributed by atoms with van der Waals surface area (Å²) in [5.74, 6) is -0.380. The molecule has 1 fully saturated rings. The van der Waals surface area contributed by atoms with Gasteiger partial charge in [0, 0.05) is 19.3 Å². The third-order valence-corrected chi connectivity index (χ3v) is 2.73. The van der Waals surface area contributed by atoms with E-state index in [1.54, 1.807) is 6.20 Å². The van der Waals surface area contributed by atoms with Crippen LogP contribution in [0, 0.1) is 0 Å². The van der Waals surface area contributed by atoms with Crippen molar-refractivity contribution in [3.05, 3.63) is 24.0 Å². The third kappa shape index (κ3) is 3.67. The average molecular weight is 264 g/mol. The summed E-state index contributed by atoms with van der Waals surface area (Å²) in [6.45, 7) is 8.42. The number of carbonyl (C=O) groups excluding carboxylic acids is 1. The van der Waals surface area contributed by atoms with Crippen LogP contribution in [0.25, 0.3) is 0 Å². The summed E-state index contributed by atoms with van der Waals surface area (Å²) in [4.78, 5) is 18.5. The van der Waals surface area contributed by atoms with E-state index in [1.807, 2.05) is 32.9 Å². The number of aromatic nitrogens is 1. The maximum absolute atomic E-state index is 12.2. The molecule has 5 nitrogen and oxygen atoms in total. The summed E-state index contributed by atoms with van der Waals surface area (Å²) < 4.78 is 10.7. The second-order valence-corrected chi connectivity index (χ2v) is 5.47. The highest BCUT2D eigenvalue weighted by Crippen LogP contribution is 2.22. The predicted molar refractivity (Wildman–Crippen MR) is 72.4 cm³/mol. The van der Waals surface area contributed by atoms with Crippen LogP contribution in [0.1, 0.15) is 31.3 Å². The second-order valence-electron chi connectivity index (χ2n) is 5.47. The van der Waals surface area contributed by atoms with E-state index in [0.717, 1.165) is 18.8 Å². The summed E-state index contributed by atoms with van der Waals surface area (Å²) in [5, 5.41) is 0. The number of hydrogen-bond acceptors (Lipinski definition) is 5. The van der Waals surface area contributed by atoms with Gasteiger partial charge in [-0.15, -0.1) is 0 Å². The van der Waals surface area contributed by atoms with Gasteiger partial charge in [-0.3, -0.25) is 0 Å². The van der Waals surface area contributed by atoms with Gasteiger partial charge in [-0.05, 0) is 32.9 Å². The van der Waals surface area contributed by atoms with Gasteiger partial charge < -0.3 is 14.4 Å². The number of carbonyl (C=O) groups is 1. The van der Waals surface area contributed by atoms with E-state index in [0.29, 0.717) is 18.9 Å². The molecule has 1 aromatic heterocycles. The fraction of sp³-hybridized carbons (Fsp3) is 0.571. The highest BCUT2D eigenvalue weighted by atomic mass is 16.6. The zero-order chi connectivity index (χ0) is 13.9. The topological polar surface area (TPSA) is 51.7 Å². The Hall–Kier alpha value is -1.62. The number of morpholine rings is 1. The molecule has 0 atom stereocenters. The first kappa shape index (κ1) is 13.8. The normalized spacial score (nSPS) is 16.3. The number of esters is 1. The Bertz CT molecular complexity index is 448. The van der Waals surface area contributed by atoms with Crippen molar-refractivity contribution in [2.75, 3.05) is 31.2 Å². The largest absolute Gasteiger partial charge is 0.455 e. The van der Waals surface area contributed by atoms with E-state index < -0.39 is 5.60 Å². The Morgan fingerprint density at radius 2 is 2.05 bits per heavy atom. The van der Waals surface area contributed by atoms with Crippen molar-refractivity contribution in [1.29, 1.82) is 0 Å². The van der Waals surface area contributed by atoms with Crippen LogP contribution in [0.5, 0.6) is 0 Å². The van der Waals surface area contributed by atoms with Crippen LogP contribution in [0.3, 0.4) is 0 Å². The minimum Gasteiger partial charge on any atom is -0.455 e. The van der Waals surface area contributed by atoms with E-state index in [9.17, 15) is 4.79 Å². The first-order chi connectivity index (χ1) is 8.97. The SMILES string of the molecule is CC(C)(C)OC(=O)c1ncccc1N1CCOCC1. The molecular formula is C14H20N2O3. The van der Waals surface area contributed by atoms with E-state index in [-0.39, 0.29) is 5.97 Å². The second kappa shape index (κ2) is 5.57. The lowest BCUT2D eigenvalue weighted by molar-refractivity contribution is 0.00631. The van der Waals surface area contributed by atoms with Gasteiger partial charge in [0.25, 0.3) is 0 Å². The number of hydrogen-bond donors (Lipinski definition) is 0. The lowest BCUT2D eigenvalue weighted by Crippen LogP contribution is -2.37. The van der Waals surface area contributed by atoms with Crippen molar-refractivity contribution in [2.45, 2.75) is 26.4 Å². The molecule has 0 N–H and O–H groups in total. The van der Waals surface area contributed by atoms with Gasteiger partial charge in [-0.1, -0.05) is 0 Å². The lowest BCUT2D eigenvalue weighted by atomic mass is 10.2. The molecule has 0 aromatic carbocycles. The number of pyridine rings is 1. The van der Waals surface area contributed by atoms with Crippen LogP contribution >= 0.6 is 0 Å². The Morgan fingerprint density at radius 1 is 1.37 bits per heavy atom. The molecule has 0 amide bonds. The number of anilines is 1. The van der Waals surface area contributed by atoms with E-state index >= 15 is 0 Å². The van der Waals surface area contributed by atoms with Crippen molar-refractivity contribution in [3.63, 3.8) is 0 Å². The third-order valence-electron chi connectivity index (χ3n) is 2.73. The summed E-state index contributed by atoms with van der Waals surface area (Å²) >= 11 is 0. The summed E-state index contributed by atoms with van der Waals surface area (Å²) in [5.41, 5.74) is 0.677. The van der Waals surface area contributed by atoms with Crippen molar-refractivity contribution in [2.24, 2.45) is 0 Å². The standard InChI is InChI=1S/C14H20N2O3/c1-14(2,3)19-13(17)12-11(5-4-6-15-12)16-7-9-18-10-8-16/h4-6H,7-10H2,1-3H3. The minimum atomic E-state index is -0.517. The predicted octanol–water partition coefficient (Wildman–Crippen LogP) is 1.87. The zero-order valence-electron chi connectivity index (χ0n) is 11.7.